The van der Waals surface area contributed by atoms with Gasteiger partial charge in [0, 0.05) is 35.9 Å². The van der Waals surface area contributed by atoms with Gasteiger partial charge in [-0.3, -0.25) is 4.98 Å². The van der Waals surface area contributed by atoms with Crippen molar-refractivity contribution in [2.24, 2.45) is 0 Å². The van der Waals surface area contributed by atoms with Crippen LogP contribution in [0.15, 0.2) is 66.9 Å². The molecule has 0 radical (unpaired) electrons. The summed E-state index contributed by atoms with van der Waals surface area (Å²) in [6, 6.07) is 13.7. The summed E-state index contributed by atoms with van der Waals surface area (Å²) in [5.41, 5.74) is -0.485. The molecule has 2 heterocycles. The fourth-order valence-corrected chi connectivity index (χ4v) is 4.39. The number of rotatable bonds is 8. The van der Waals surface area contributed by atoms with Gasteiger partial charge in [-0.25, -0.2) is 0 Å². The number of nitrogens with zero attached hydrogens (tertiary/aromatic N) is 1. The monoisotopic (exact) mass is 547 g/mol. The Morgan fingerprint density at radius 3 is 2.31 bits per heavy atom. The van der Waals surface area contributed by atoms with Gasteiger partial charge in [-0.2, -0.15) is 26.3 Å². The molecule has 5 rings (SSSR count). The van der Waals surface area contributed by atoms with Crippen molar-refractivity contribution in [3.8, 4) is 22.6 Å². The average molecular weight is 547 g/mol. The molecule has 0 aliphatic carbocycles. The quantitative estimate of drug-likeness (QED) is 0.180. The first-order chi connectivity index (χ1) is 18.6. The molecule has 5 nitrogen and oxygen atoms in total. The van der Waals surface area contributed by atoms with Crippen LogP contribution < -0.4 is 20.1 Å². The molecule has 0 bridgehead atoms. The first-order valence-electron chi connectivity index (χ1n) is 12.1. The highest BCUT2D eigenvalue weighted by molar-refractivity contribution is 5.93. The molecule has 11 heteroatoms. The number of hydrogen-bond acceptors (Lipinski definition) is 5. The first kappa shape index (κ1) is 26.6. The van der Waals surface area contributed by atoms with E-state index in [9.17, 15) is 26.3 Å². The number of aromatic nitrogens is 1. The Hall–Kier alpha value is -3.99. The van der Waals surface area contributed by atoms with Crippen LogP contribution in [0.3, 0.4) is 0 Å². The number of ether oxygens (including phenoxy) is 2. The minimum absolute atomic E-state index is 0.119. The van der Waals surface area contributed by atoms with E-state index in [4.69, 9.17) is 9.47 Å². The van der Waals surface area contributed by atoms with E-state index in [1.165, 1.54) is 18.3 Å². The van der Waals surface area contributed by atoms with Crippen LogP contribution in [0.25, 0.3) is 22.0 Å². The largest absolute Gasteiger partial charge is 0.454 e. The van der Waals surface area contributed by atoms with Gasteiger partial charge in [0.25, 0.3) is 0 Å². The fraction of sp³-hybridized carbons (Fsp3) is 0.250. The van der Waals surface area contributed by atoms with Gasteiger partial charge in [-0.15, -0.1) is 0 Å². The van der Waals surface area contributed by atoms with Gasteiger partial charge in [-0.1, -0.05) is 24.3 Å². The normalized spacial score (nSPS) is 13.2. The van der Waals surface area contributed by atoms with Gasteiger partial charge in [0.1, 0.15) is 0 Å². The third kappa shape index (κ3) is 6.03. The molecule has 2 N–H and O–H groups in total. The molecule has 0 atom stereocenters. The lowest BCUT2D eigenvalue weighted by Gasteiger charge is -2.15. The van der Waals surface area contributed by atoms with E-state index in [-0.39, 0.29) is 24.0 Å². The maximum Gasteiger partial charge on any atom is 0.416 e. The first-order valence-corrected chi connectivity index (χ1v) is 12.1. The van der Waals surface area contributed by atoms with E-state index >= 15 is 0 Å². The molecular weight excluding hydrogens is 524 g/mol. The zero-order valence-corrected chi connectivity index (χ0v) is 20.4. The van der Waals surface area contributed by atoms with Gasteiger partial charge in [-0.05, 0) is 60.5 Å². The Morgan fingerprint density at radius 1 is 0.795 bits per heavy atom. The minimum atomic E-state index is -4.92. The van der Waals surface area contributed by atoms with E-state index in [0.717, 1.165) is 35.7 Å². The van der Waals surface area contributed by atoms with Crippen LogP contribution in [0.2, 0.25) is 0 Å². The van der Waals surface area contributed by atoms with Crippen LogP contribution in [0.1, 0.15) is 23.1 Å². The standard InChI is InChI=1S/C28H23F6N3O2/c29-27(30,31)20-11-19(12-21(14-20)28(32,33)34)17-5-6-22-23(7-10-37-24(22)13-17)36-9-2-8-35-15-18-3-1-4-25-26(18)39-16-38-25/h1,3-7,10-14,35H,2,8-9,15-16H2,(H,36,37). The van der Waals surface area contributed by atoms with Crippen molar-refractivity contribution in [3.63, 3.8) is 0 Å². The molecule has 0 fully saturated rings. The number of halogens is 6. The minimum Gasteiger partial charge on any atom is -0.454 e. The fourth-order valence-electron chi connectivity index (χ4n) is 4.39. The second-order valence-electron chi connectivity index (χ2n) is 8.99. The van der Waals surface area contributed by atoms with Crippen LogP contribution >= 0.6 is 0 Å². The second kappa shape index (κ2) is 10.6. The maximum atomic E-state index is 13.3. The predicted molar refractivity (Wildman–Crippen MR) is 135 cm³/mol. The molecule has 0 amide bonds. The van der Waals surface area contributed by atoms with Crippen molar-refractivity contribution in [1.82, 2.24) is 10.3 Å². The van der Waals surface area contributed by atoms with Crippen LogP contribution in [-0.2, 0) is 18.9 Å². The van der Waals surface area contributed by atoms with Crippen molar-refractivity contribution in [2.75, 3.05) is 25.2 Å². The molecule has 0 spiro atoms. The lowest BCUT2D eigenvalue weighted by Crippen LogP contribution is -2.18. The molecule has 0 saturated carbocycles. The number of pyridine rings is 1. The molecule has 1 aliphatic rings. The number of benzene rings is 3. The molecule has 4 aromatic rings. The zero-order valence-electron chi connectivity index (χ0n) is 20.4. The van der Waals surface area contributed by atoms with E-state index in [1.54, 1.807) is 12.1 Å². The molecular formula is C28H23F6N3O2. The number of para-hydroxylation sites is 1. The average Bonchev–Trinajstić information content (AvgIpc) is 3.39. The van der Waals surface area contributed by atoms with Crippen molar-refractivity contribution in [3.05, 3.63) is 83.6 Å². The lowest BCUT2D eigenvalue weighted by molar-refractivity contribution is -0.143. The van der Waals surface area contributed by atoms with Crippen molar-refractivity contribution in [2.45, 2.75) is 25.3 Å². The Kier molecular flexibility index (Phi) is 7.26. The Labute approximate surface area is 219 Å². The summed E-state index contributed by atoms with van der Waals surface area (Å²) in [7, 11) is 0. The molecule has 0 unspecified atom stereocenters. The van der Waals surface area contributed by atoms with Crippen molar-refractivity contribution >= 4 is 16.6 Å². The zero-order chi connectivity index (χ0) is 27.6. The van der Waals surface area contributed by atoms with E-state index in [1.807, 2.05) is 18.2 Å². The van der Waals surface area contributed by atoms with E-state index in [2.05, 4.69) is 15.6 Å². The summed E-state index contributed by atoms with van der Waals surface area (Å²) in [6.07, 6.45) is -7.50. The Bertz CT molecular complexity index is 1450. The van der Waals surface area contributed by atoms with Gasteiger partial charge in [0.15, 0.2) is 11.5 Å². The maximum absolute atomic E-state index is 13.3. The van der Waals surface area contributed by atoms with Gasteiger partial charge >= 0.3 is 12.4 Å². The van der Waals surface area contributed by atoms with Gasteiger partial charge in [0.2, 0.25) is 6.79 Å². The van der Waals surface area contributed by atoms with E-state index < -0.39 is 23.5 Å². The lowest BCUT2D eigenvalue weighted by atomic mass is 9.98. The summed E-state index contributed by atoms with van der Waals surface area (Å²) in [5.74, 6) is 1.49. The summed E-state index contributed by atoms with van der Waals surface area (Å²) in [6.45, 7) is 2.19. The highest BCUT2D eigenvalue weighted by Crippen LogP contribution is 2.39. The smallest absolute Gasteiger partial charge is 0.416 e. The van der Waals surface area contributed by atoms with Crippen LogP contribution in [-0.4, -0.2) is 24.9 Å². The van der Waals surface area contributed by atoms with Gasteiger partial charge < -0.3 is 20.1 Å². The number of hydrogen-bond donors (Lipinski definition) is 2. The third-order valence-electron chi connectivity index (χ3n) is 6.30. The van der Waals surface area contributed by atoms with E-state index in [0.29, 0.717) is 36.1 Å². The second-order valence-corrected chi connectivity index (χ2v) is 8.99. The topological polar surface area (TPSA) is 55.4 Å². The SMILES string of the molecule is FC(F)(F)c1cc(-c2ccc3c(NCCCNCc4cccc5c4OCO5)ccnc3c2)cc(C(F)(F)F)c1. The summed E-state index contributed by atoms with van der Waals surface area (Å²) in [4.78, 5) is 4.27. The highest BCUT2D eigenvalue weighted by Gasteiger charge is 2.37. The highest BCUT2D eigenvalue weighted by atomic mass is 19.4. The Morgan fingerprint density at radius 2 is 1.56 bits per heavy atom. The molecule has 0 saturated heterocycles. The third-order valence-corrected chi connectivity index (χ3v) is 6.30. The Balaban J connectivity index is 1.25. The number of nitrogens with one attached hydrogen (secondary N) is 2. The molecule has 39 heavy (non-hydrogen) atoms. The molecule has 1 aliphatic heterocycles. The summed E-state index contributed by atoms with van der Waals surface area (Å²) >= 11 is 0. The van der Waals surface area contributed by atoms with Crippen LogP contribution in [0, 0.1) is 0 Å². The van der Waals surface area contributed by atoms with Crippen molar-refractivity contribution in [1.29, 1.82) is 0 Å². The molecule has 204 valence electrons. The number of alkyl halides is 6. The summed E-state index contributed by atoms with van der Waals surface area (Å²) in [5, 5.41) is 7.39. The van der Waals surface area contributed by atoms with Crippen LogP contribution in [0.5, 0.6) is 11.5 Å². The molecule has 3 aromatic carbocycles. The van der Waals surface area contributed by atoms with Crippen LogP contribution in [0.4, 0.5) is 32.0 Å². The number of anilines is 1. The van der Waals surface area contributed by atoms with Gasteiger partial charge in [0.05, 0.1) is 16.6 Å². The number of fused-ring (bicyclic) bond motifs is 2. The van der Waals surface area contributed by atoms with Crippen molar-refractivity contribution < 1.29 is 35.8 Å². The predicted octanol–water partition coefficient (Wildman–Crippen LogP) is 7.26. The molecule has 1 aromatic heterocycles. The summed E-state index contributed by atoms with van der Waals surface area (Å²) < 4.78 is 90.6.